The van der Waals surface area contributed by atoms with Gasteiger partial charge in [-0.1, -0.05) is 25.4 Å². The third-order valence-corrected chi connectivity index (χ3v) is 2.80. The van der Waals surface area contributed by atoms with Crippen LogP contribution in [0.2, 0.25) is 5.02 Å². The number of benzene rings is 1. The largest absolute Gasteiger partial charge is 0.204 e. The van der Waals surface area contributed by atoms with Gasteiger partial charge in [-0.15, -0.1) is 11.6 Å². The standard InChI is InChI=1S/C11H12Cl2F2/c1-6(2)5-8(13)10-7(12)3-4-9(14)11(10)15/h3-4,6,8H,5H2,1-2H3. The van der Waals surface area contributed by atoms with Gasteiger partial charge in [0.2, 0.25) is 0 Å². The molecular formula is C11H12Cl2F2. The van der Waals surface area contributed by atoms with Crippen LogP contribution >= 0.6 is 23.2 Å². The van der Waals surface area contributed by atoms with E-state index < -0.39 is 17.0 Å². The maximum atomic E-state index is 13.4. The SMILES string of the molecule is CC(C)CC(Cl)c1c(Cl)ccc(F)c1F. The average Bonchev–Trinajstić information content (AvgIpc) is 2.11. The van der Waals surface area contributed by atoms with E-state index in [0.717, 1.165) is 6.07 Å². The molecule has 0 saturated heterocycles. The van der Waals surface area contributed by atoms with Gasteiger partial charge in [-0.05, 0) is 24.5 Å². The number of hydrogen-bond donors (Lipinski definition) is 0. The molecule has 0 spiro atoms. The van der Waals surface area contributed by atoms with Gasteiger partial charge in [0, 0.05) is 10.6 Å². The summed E-state index contributed by atoms with van der Waals surface area (Å²) in [5.41, 5.74) is 0.0621. The number of hydrogen-bond acceptors (Lipinski definition) is 0. The van der Waals surface area contributed by atoms with Crippen LogP contribution in [0.15, 0.2) is 12.1 Å². The fourth-order valence-electron chi connectivity index (χ4n) is 1.36. The second-order valence-electron chi connectivity index (χ2n) is 3.85. The van der Waals surface area contributed by atoms with E-state index in [-0.39, 0.29) is 10.6 Å². The lowest BCUT2D eigenvalue weighted by molar-refractivity contribution is 0.487. The molecule has 4 heteroatoms. The van der Waals surface area contributed by atoms with Crippen LogP contribution in [0.3, 0.4) is 0 Å². The molecule has 1 aromatic carbocycles. The van der Waals surface area contributed by atoms with Crippen LogP contribution in [0.1, 0.15) is 31.2 Å². The molecule has 0 N–H and O–H groups in total. The molecule has 0 aromatic heterocycles. The Hall–Kier alpha value is -0.340. The molecule has 0 saturated carbocycles. The first kappa shape index (κ1) is 12.7. The van der Waals surface area contributed by atoms with Crippen LogP contribution in [-0.2, 0) is 0 Å². The Morgan fingerprint density at radius 1 is 1.27 bits per heavy atom. The predicted molar refractivity (Wildman–Crippen MR) is 59.4 cm³/mol. The smallest absolute Gasteiger partial charge is 0.164 e. The molecule has 1 rings (SSSR count). The van der Waals surface area contributed by atoms with Gasteiger partial charge in [-0.2, -0.15) is 0 Å². The molecule has 1 atom stereocenters. The van der Waals surface area contributed by atoms with Crippen molar-refractivity contribution in [3.8, 4) is 0 Å². The Bertz CT molecular complexity index is 351. The second kappa shape index (κ2) is 5.13. The number of halogens is 4. The van der Waals surface area contributed by atoms with Crippen molar-refractivity contribution in [2.75, 3.05) is 0 Å². The highest BCUT2D eigenvalue weighted by molar-refractivity contribution is 6.32. The minimum Gasteiger partial charge on any atom is -0.204 e. The summed E-state index contributed by atoms with van der Waals surface area (Å²) in [6.07, 6.45) is 0.557. The highest BCUT2D eigenvalue weighted by Gasteiger charge is 2.20. The Balaban J connectivity index is 3.07. The van der Waals surface area contributed by atoms with Gasteiger partial charge in [0.15, 0.2) is 11.6 Å². The van der Waals surface area contributed by atoms with Crippen molar-refractivity contribution in [2.45, 2.75) is 25.6 Å². The van der Waals surface area contributed by atoms with Gasteiger partial charge < -0.3 is 0 Å². The van der Waals surface area contributed by atoms with Crippen LogP contribution in [0.25, 0.3) is 0 Å². The molecule has 0 bridgehead atoms. The first-order valence-corrected chi connectivity index (χ1v) is 5.52. The van der Waals surface area contributed by atoms with Gasteiger partial charge in [-0.3, -0.25) is 0 Å². The van der Waals surface area contributed by atoms with Crippen LogP contribution in [0.5, 0.6) is 0 Å². The summed E-state index contributed by atoms with van der Waals surface area (Å²) < 4.78 is 26.4. The molecule has 0 radical (unpaired) electrons. The van der Waals surface area contributed by atoms with E-state index in [1.165, 1.54) is 6.07 Å². The summed E-state index contributed by atoms with van der Waals surface area (Å²) >= 11 is 11.8. The minimum atomic E-state index is -0.942. The van der Waals surface area contributed by atoms with Gasteiger partial charge >= 0.3 is 0 Å². The first-order chi connectivity index (χ1) is 6.93. The first-order valence-electron chi connectivity index (χ1n) is 4.71. The number of alkyl halides is 1. The Morgan fingerprint density at radius 2 is 1.87 bits per heavy atom. The monoisotopic (exact) mass is 252 g/mol. The molecule has 1 unspecified atom stereocenters. The normalized spacial score (nSPS) is 13.3. The fraction of sp³-hybridized carbons (Fsp3) is 0.455. The van der Waals surface area contributed by atoms with Crippen molar-refractivity contribution in [3.05, 3.63) is 34.4 Å². The van der Waals surface area contributed by atoms with Gasteiger partial charge in [-0.25, -0.2) is 8.78 Å². The Kier molecular flexibility index (Phi) is 4.35. The molecule has 0 amide bonds. The molecule has 84 valence electrons. The maximum Gasteiger partial charge on any atom is 0.164 e. The summed E-state index contributed by atoms with van der Waals surface area (Å²) in [6, 6.07) is 2.32. The third kappa shape index (κ3) is 3.05. The maximum absolute atomic E-state index is 13.4. The van der Waals surface area contributed by atoms with E-state index in [9.17, 15) is 8.78 Å². The van der Waals surface area contributed by atoms with E-state index in [0.29, 0.717) is 12.3 Å². The van der Waals surface area contributed by atoms with E-state index in [1.54, 1.807) is 0 Å². The average molecular weight is 253 g/mol. The van der Waals surface area contributed by atoms with E-state index in [1.807, 2.05) is 13.8 Å². The summed E-state index contributed by atoms with van der Waals surface area (Å²) in [5, 5.41) is -0.414. The Labute approximate surface area is 98.2 Å². The van der Waals surface area contributed by atoms with Crippen LogP contribution in [-0.4, -0.2) is 0 Å². The molecular weight excluding hydrogens is 241 g/mol. The molecule has 0 aliphatic carbocycles. The summed E-state index contributed by atoms with van der Waals surface area (Å²) in [5.74, 6) is -1.56. The van der Waals surface area contributed by atoms with Crippen LogP contribution < -0.4 is 0 Å². The molecule has 1 aromatic rings. The molecule has 0 heterocycles. The lowest BCUT2D eigenvalue weighted by Crippen LogP contribution is -2.02. The third-order valence-electron chi connectivity index (χ3n) is 2.07. The quantitative estimate of drug-likeness (QED) is 0.528. The van der Waals surface area contributed by atoms with E-state index >= 15 is 0 Å². The summed E-state index contributed by atoms with van der Waals surface area (Å²) in [7, 11) is 0. The Morgan fingerprint density at radius 3 is 2.40 bits per heavy atom. The van der Waals surface area contributed by atoms with Crippen LogP contribution in [0.4, 0.5) is 8.78 Å². The predicted octanol–water partition coefficient (Wildman–Crippen LogP) is 4.94. The molecule has 0 nitrogen and oxygen atoms in total. The molecule has 0 aliphatic rings. The summed E-state index contributed by atoms with van der Waals surface area (Å²) in [6.45, 7) is 3.92. The van der Waals surface area contributed by atoms with Crippen molar-refractivity contribution in [1.82, 2.24) is 0 Å². The van der Waals surface area contributed by atoms with Gasteiger partial charge in [0.1, 0.15) is 0 Å². The molecule has 0 aliphatic heterocycles. The van der Waals surface area contributed by atoms with Crippen molar-refractivity contribution in [3.63, 3.8) is 0 Å². The van der Waals surface area contributed by atoms with E-state index in [2.05, 4.69) is 0 Å². The zero-order valence-corrected chi connectivity index (χ0v) is 10.0. The van der Waals surface area contributed by atoms with Crippen molar-refractivity contribution in [2.24, 2.45) is 5.92 Å². The lowest BCUT2D eigenvalue weighted by Gasteiger charge is -2.14. The van der Waals surface area contributed by atoms with Gasteiger partial charge in [0.25, 0.3) is 0 Å². The fourth-order valence-corrected chi connectivity index (χ4v) is 2.26. The molecule has 0 fully saturated rings. The van der Waals surface area contributed by atoms with Gasteiger partial charge in [0.05, 0.1) is 5.38 Å². The number of rotatable bonds is 3. The van der Waals surface area contributed by atoms with Crippen LogP contribution in [0, 0.1) is 17.6 Å². The zero-order valence-electron chi connectivity index (χ0n) is 8.53. The van der Waals surface area contributed by atoms with E-state index in [4.69, 9.17) is 23.2 Å². The minimum absolute atomic E-state index is 0.0621. The zero-order chi connectivity index (χ0) is 11.6. The second-order valence-corrected chi connectivity index (χ2v) is 4.79. The topological polar surface area (TPSA) is 0 Å². The van der Waals surface area contributed by atoms with Crippen molar-refractivity contribution >= 4 is 23.2 Å². The molecule has 15 heavy (non-hydrogen) atoms. The van der Waals surface area contributed by atoms with Crippen molar-refractivity contribution < 1.29 is 8.78 Å². The van der Waals surface area contributed by atoms with Crippen molar-refractivity contribution in [1.29, 1.82) is 0 Å². The summed E-state index contributed by atoms with van der Waals surface area (Å²) in [4.78, 5) is 0. The highest BCUT2D eigenvalue weighted by atomic mass is 35.5. The lowest BCUT2D eigenvalue weighted by atomic mass is 10.0. The highest BCUT2D eigenvalue weighted by Crippen LogP contribution is 2.35.